The van der Waals surface area contributed by atoms with E-state index in [1.807, 2.05) is 36.7 Å². The van der Waals surface area contributed by atoms with Gasteiger partial charge in [0.05, 0.1) is 17.3 Å². The Hall–Kier alpha value is -2.14. The molecule has 3 aromatic rings. The molecule has 2 aromatic heterocycles. The lowest BCUT2D eigenvalue weighted by Gasteiger charge is -2.18. The minimum Gasteiger partial charge on any atom is -0.497 e. The van der Waals surface area contributed by atoms with Gasteiger partial charge in [0.25, 0.3) is 0 Å². The topological polar surface area (TPSA) is 38.2 Å². The molecule has 0 saturated heterocycles. The van der Waals surface area contributed by atoms with Crippen LogP contribution in [-0.4, -0.2) is 24.1 Å². The molecule has 5 heteroatoms. The summed E-state index contributed by atoms with van der Waals surface area (Å²) in [5, 5.41) is 2.04. The molecule has 0 bridgehead atoms. The van der Waals surface area contributed by atoms with E-state index in [-0.39, 0.29) is 0 Å². The monoisotopic (exact) mass is 285 g/mol. The van der Waals surface area contributed by atoms with Crippen LogP contribution < -0.4 is 9.64 Å². The first-order valence-corrected chi connectivity index (χ1v) is 7.18. The van der Waals surface area contributed by atoms with Crippen molar-refractivity contribution in [3.05, 3.63) is 47.6 Å². The fourth-order valence-corrected chi connectivity index (χ4v) is 3.06. The molecule has 3 rings (SSSR count). The van der Waals surface area contributed by atoms with Crippen molar-refractivity contribution in [2.75, 3.05) is 19.1 Å². The maximum Gasteiger partial charge on any atom is 0.150 e. The molecule has 0 amide bonds. The lowest BCUT2D eigenvalue weighted by molar-refractivity contribution is 0.414. The minimum absolute atomic E-state index is 0.779. The largest absolute Gasteiger partial charge is 0.497 e. The van der Waals surface area contributed by atoms with Gasteiger partial charge >= 0.3 is 0 Å². The zero-order valence-corrected chi connectivity index (χ0v) is 12.2. The second-order valence-electron chi connectivity index (χ2n) is 4.54. The van der Waals surface area contributed by atoms with Crippen molar-refractivity contribution in [1.82, 2.24) is 9.97 Å². The number of hydrogen-bond donors (Lipinski definition) is 0. The summed E-state index contributed by atoms with van der Waals surface area (Å²) in [4.78, 5) is 10.8. The first-order valence-electron chi connectivity index (χ1n) is 6.30. The van der Waals surface area contributed by atoms with E-state index in [1.165, 1.54) is 5.56 Å². The smallest absolute Gasteiger partial charge is 0.150 e. The van der Waals surface area contributed by atoms with Gasteiger partial charge in [0, 0.05) is 13.6 Å². The molecular weight excluding hydrogens is 270 g/mol. The third-order valence-electron chi connectivity index (χ3n) is 3.14. The number of nitrogens with zero attached hydrogens (tertiary/aromatic N) is 3. The van der Waals surface area contributed by atoms with Crippen LogP contribution in [0.1, 0.15) is 5.56 Å². The van der Waals surface area contributed by atoms with Crippen LogP contribution in [-0.2, 0) is 6.54 Å². The van der Waals surface area contributed by atoms with Crippen molar-refractivity contribution < 1.29 is 4.74 Å². The Labute approximate surface area is 121 Å². The summed E-state index contributed by atoms with van der Waals surface area (Å²) in [5.41, 5.74) is 2.19. The Balaban J connectivity index is 1.88. The average molecular weight is 285 g/mol. The molecule has 0 fully saturated rings. The summed E-state index contributed by atoms with van der Waals surface area (Å²) in [6.45, 7) is 0.779. The van der Waals surface area contributed by atoms with Crippen molar-refractivity contribution in [2.24, 2.45) is 0 Å². The molecular formula is C15H15N3OS. The normalized spacial score (nSPS) is 10.7. The summed E-state index contributed by atoms with van der Waals surface area (Å²) < 4.78 is 6.38. The van der Waals surface area contributed by atoms with E-state index in [9.17, 15) is 0 Å². The molecule has 20 heavy (non-hydrogen) atoms. The Morgan fingerprint density at radius 3 is 3.00 bits per heavy atom. The van der Waals surface area contributed by atoms with Crippen molar-refractivity contribution in [3.8, 4) is 5.75 Å². The van der Waals surface area contributed by atoms with E-state index in [4.69, 9.17) is 4.74 Å². The van der Waals surface area contributed by atoms with Gasteiger partial charge in [-0.1, -0.05) is 12.1 Å². The van der Waals surface area contributed by atoms with Crippen LogP contribution >= 0.6 is 11.3 Å². The molecule has 0 N–H and O–H groups in total. The molecule has 0 atom stereocenters. The molecule has 0 spiro atoms. The number of hydrogen-bond acceptors (Lipinski definition) is 5. The van der Waals surface area contributed by atoms with Gasteiger partial charge in [-0.2, -0.15) is 0 Å². The SMILES string of the molecule is COc1cccc(CN(C)c2ncnc3ccsc23)c1. The number of ether oxygens (including phenoxy) is 1. The molecule has 1 aromatic carbocycles. The summed E-state index contributed by atoms with van der Waals surface area (Å²) in [5.74, 6) is 1.84. The third-order valence-corrected chi connectivity index (χ3v) is 4.04. The van der Waals surface area contributed by atoms with Crippen molar-refractivity contribution in [2.45, 2.75) is 6.54 Å². The average Bonchev–Trinajstić information content (AvgIpc) is 2.95. The highest BCUT2D eigenvalue weighted by Crippen LogP contribution is 2.28. The standard InChI is InChI=1S/C15H15N3OS/c1-18(9-11-4-3-5-12(8-11)19-2)15-14-13(6-7-20-14)16-10-17-15/h3-8,10H,9H2,1-2H3. The maximum absolute atomic E-state index is 5.26. The number of anilines is 1. The van der Waals surface area contributed by atoms with Crippen molar-refractivity contribution in [3.63, 3.8) is 0 Å². The summed E-state index contributed by atoms with van der Waals surface area (Å²) in [7, 11) is 3.73. The highest BCUT2D eigenvalue weighted by molar-refractivity contribution is 7.17. The Kier molecular flexibility index (Phi) is 3.52. The third kappa shape index (κ3) is 2.44. The molecule has 102 valence electrons. The molecule has 0 aliphatic rings. The Bertz CT molecular complexity index is 726. The van der Waals surface area contributed by atoms with Crippen LogP contribution in [0.25, 0.3) is 10.2 Å². The van der Waals surface area contributed by atoms with Crippen LogP contribution in [0.15, 0.2) is 42.0 Å². The molecule has 0 radical (unpaired) electrons. The fourth-order valence-electron chi connectivity index (χ4n) is 2.17. The fraction of sp³-hybridized carbons (Fsp3) is 0.200. The van der Waals surface area contributed by atoms with Crippen LogP contribution in [0.4, 0.5) is 5.82 Å². The van der Waals surface area contributed by atoms with E-state index >= 15 is 0 Å². The number of methoxy groups -OCH3 is 1. The summed E-state index contributed by atoms with van der Waals surface area (Å²) >= 11 is 1.67. The summed E-state index contributed by atoms with van der Waals surface area (Å²) in [6, 6.07) is 10.1. The Morgan fingerprint density at radius 2 is 2.15 bits per heavy atom. The summed E-state index contributed by atoms with van der Waals surface area (Å²) in [6.07, 6.45) is 1.62. The minimum atomic E-state index is 0.779. The van der Waals surface area contributed by atoms with Crippen molar-refractivity contribution in [1.29, 1.82) is 0 Å². The predicted molar refractivity (Wildman–Crippen MR) is 82.5 cm³/mol. The van der Waals surface area contributed by atoms with Gasteiger partial charge in [-0.05, 0) is 29.1 Å². The molecule has 0 aliphatic heterocycles. The van der Waals surface area contributed by atoms with Gasteiger partial charge in [0.1, 0.15) is 17.9 Å². The molecule has 0 aliphatic carbocycles. The van der Waals surface area contributed by atoms with E-state index in [0.29, 0.717) is 0 Å². The van der Waals surface area contributed by atoms with E-state index in [0.717, 1.165) is 28.3 Å². The maximum atomic E-state index is 5.26. The first-order chi connectivity index (χ1) is 9.78. The van der Waals surface area contributed by atoms with Gasteiger partial charge in [0.15, 0.2) is 0 Å². The first kappa shape index (κ1) is 12.9. The number of rotatable bonds is 4. The van der Waals surface area contributed by atoms with E-state index in [1.54, 1.807) is 24.8 Å². The quantitative estimate of drug-likeness (QED) is 0.737. The van der Waals surface area contributed by atoms with Gasteiger partial charge in [-0.15, -0.1) is 11.3 Å². The van der Waals surface area contributed by atoms with Crippen LogP contribution in [0.2, 0.25) is 0 Å². The van der Waals surface area contributed by atoms with Crippen LogP contribution in [0, 0.1) is 0 Å². The molecule has 2 heterocycles. The van der Waals surface area contributed by atoms with Gasteiger partial charge in [0.2, 0.25) is 0 Å². The van der Waals surface area contributed by atoms with Crippen molar-refractivity contribution >= 4 is 27.4 Å². The molecule has 0 unspecified atom stereocenters. The zero-order valence-electron chi connectivity index (χ0n) is 11.4. The van der Waals surface area contributed by atoms with E-state index < -0.39 is 0 Å². The number of aromatic nitrogens is 2. The predicted octanol–water partition coefficient (Wildman–Crippen LogP) is 3.34. The highest BCUT2D eigenvalue weighted by Gasteiger charge is 2.10. The highest BCUT2D eigenvalue weighted by atomic mass is 32.1. The molecule has 4 nitrogen and oxygen atoms in total. The lowest BCUT2D eigenvalue weighted by Crippen LogP contribution is -2.17. The Morgan fingerprint density at radius 1 is 1.25 bits per heavy atom. The van der Waals surface area contributed by atoms with Crippen LogP contribution in [0.3, 0.4) is 0 Å². The number of benzene rings is 1. The second kappa shape index (κ2) is 5.46. The van der Waals surface area contributed by atoms with Gasteiger partial charge < -0.3 is 9.64 Å². The number of fused-ring (bicyclic) bond motifs is 1. The van der Waals surface area contributed by atoms with Crippen LogP contribution in [0.5, 0.6) is 5.75 Å². The van der Waals surface area contributed by atoms with Gasteiger partial charge in [-0.3, -0.25) is 0 Å². The zero-order chi connectivity index (χ0) is 13.9. The second-order valence-corrected chi connectivity index (χ2v) is 5.46. The van der Waals surface area contributed by atoms with Gasteiger partial charge in [-0.25, -0.2) is 9.97 Å². The number of thiophene rings is 1. The molecule has 0 saturated carbocycles. The van der Waals surface area contributed by atoms with E-state index in [2.05, 4.69) is 20.9 Å². The lowest BCUT2D eigenvalue weighted by atomic mass is 10.2.